The molecule has 2 aromatic heterocycles. The summed E-state index contributed by atoms with van der Waals surface area (Å²) in [6, 6.07) is 7.82. The molecule has 1 amide bonds. The molecule has 1 aromatic carbocycles. The fourth-order valence-electron chi connectivity index (χ4n) is 4.31. The van der Waals surface area contributed by atoms with Crippen molar-refractivity contribution in [3.05, 3.63) is 65.9 Å². The summed E-state index contributed by atoms with van der Waals surface area (Å²) in [6.07, 6.45) is 4.29. The Bertz CT molecular complexity index is 1000. The quantitative estimate of drug-likeness (QED) is 0.752. The maximum atomic E-state index is 13.4. The zero-order valence-electron chi connectivity index (χ0n) is 15.2. The molecule has 5 rings (SSSR count). The number of nitrogens with one attached hydrogen (secondary N) is 1. The molecule has 2 aliphatic rings. The first-order valence-corrected chi connectivity index (χ1v) is 9.38. The first-order valence-electron chi connectivity index (χ1n) is 9.38. The van der Waals surface area contributed by atoms with Gasteiger partial charge in [-0.25, -0.2) is 4.39 Å². The van der Waals surface area contributed by atoms with Gasteiger partial charge in [-0.05, 0) is 36.1 Å². The Labute approximate surface area is 161 Å². The van der Waals surface area contributed by atoms with Crippen molar-refractivity contribution >= 4 is 11.6 Å². The molecule has 144 valence electrons. The smallest absolute Gasteiger partial charge is 0.293 e. The molecule has 28 heavy (non-hydrogen) atoms. The molecule has 0 spiro atoms. The molecule has 1 N–H and O–H groups in total. The minimum absolute atomic E-state index is 0.283. The third-order valence-corrected chi connectivity index (χ3v) is 5.61. The second-order valence-corrected chi connectivity index (χ2v) is 7.56. The Morgan fingerprint density at radius 3 is 2.93 bits per heavy atom. The van der Waals surface area contributed by atoms with Crippen LogP contribution in [0.25, 0.3) is 0 Å². The molecule has 0 radical (unpaired) electrons. The van der Waals surface area contributed by atoms with Crippen LogP contribution in [-0.2, 0) is 19.5 Å². The Kier molecular flexibility index (Phi) is 4.20. The van der Waals surface area contributed by atoms with Crippen LogP contribution in [0, 0.1) is 17.7 Å². The molecular weight excluding hydrogens is 361 g/mol. The maximum Gasteiger partial charge on any atom is 0.293 e. The van der Waals surface area contributed by atoms with Crippen LogP contribution in [0.5, 0.6) is 0 Å². The molecule has 0 aliphatic carbocycles. The largest absolute Gasteiger partial charge is 0.472 e. The molecule has 1 saturated heterocycles. The number of hydrogen-bond donors (Lipinski definition) is 1. The molecular formula is C20H20FN5O2. The summed E-state index contributed by atoms with van der Waals surface area (Å²) in [5.41, 5.74) is 1.58. The fourth-order valence-corrected chi connectivity index (χ4v) is 4.31. The third kappa shape index (κ3) is 3.20. The second kappa shape index (κ2) is 6.87. The normalized spacial score (nSPS) is 21.3. The first kappa shape index (κ1) is 17.1. The number of aromatic nitrogens is 3. The van der Waals surface area contributed by atoms with Crippen LogP contribution in [0.1, 0.15) is 22.0 Å². The highest BCUT2D eigenvalue weighted by molar-refractivity contribution is 6.01. The van der Waals surface area contributed by atoms with E-state index in [0.29, 0.717) is 17.5 Å². The Morgan fingerprint density at radius 1 is 1.21 bits per heavy atom. The van der Waals surface area contributed by atoms with Crippen LogP contribution >= 0.6 is 0 Å². The van der Waals surface area contributed by atoms with Gasteiger partial charge in [0.1, 0.15) is 11.6 Å². The van der Waals surface area contributed by atoms with Crippen LogP contribution < -0.4 is 5.32 Å². The van der Waals surface area contributed by atoms with E-state index in [-0.39, 0.29) is 11.7 Å². The molecule has 0 bridgehead atoms. The number of benzene rings is 1. The van der Waals surface area contributed by atoms with Crippen LogP contribution in [0.15, 0.2) is 47.3 Å². The van der Waals surface area contributed by atoms with Gasteiger partial charge in [-0.2, -0.15) is 0 Å². The summed E-state index contributed by atoms with van der Waals surface area (Å²) >= 11 is 0. The van der Waals surface area contributed by atoms with E-state index < -0.39 is 5.82 Å². The highest BCUT2D eigenvalue weighted by Gasteiger charge is 2.39. The molecule has 0 saturated carbocycles. The average molecular weight is 381 g/mol. The van der Waals surface area contributed by atoms with Gasteiger partial charge in [0.25, 0.3) is 5.91 Å². The molecule has 7 nitrogen and oxygen atoms in total. The van der Waals surface area contributed by atoms with Gasteiger partial charge < -0.3 is 14.3 Å². The molecule has 0 unspecified atom stereocenters. The number of halogens is 1. The van der Waals surface area contributed by atoms with Crippen molar-refractivity contribution in [1.82, 2.24) is 19.7 Å². The highest BCUT2D eigenvalue weighted by atomic mass is 19.1. The fraction of sp³-hybridized carbons (Fsp3) is 0.350. The number of likely N-dealkylation sites (tertiary alicyclic amines) is 1. The minimum atomic E-state index is -0.396. The SMILES string of the molecule is O=C(Nc1cccc(F)c1)c1nnc2n1C[C@H]1CN(Cc3ccoc3)C[C@@H]1C2. The zero-order chi connectivity index (χ0) is 19.1. The number of hydrogen-bond acceptors (Lipinski definition) is 5. The van der Waals surface area contributed by atoms with Crippen LogP contribution in [-0.4, -0.2) is 38.7 Å². The van der Waals surface area contributed by atoms with E-state index in [9.17, 15) is 9.18 Å². The molecule has 4 heterocycles. The average Bonchev–Trinajstić information content (AvgIpc) is 3.39. The monoisotopic (exact) mass is 381 g/mol. The Balaban J connectivity index is 1.29. The summed E-state index contributed by atoms with van der Waals surface area (Å²) in [6.45, 7) is 3.57. The third-order valence-electron chi connectivity index (χ3n) is 5.61. The van der Waals surface area contributed by atoms with E-state index in [0.717, 1.165) is 38.4 Å². The highest BCUT2D eigenvalue weighted by Crippen LogP contribution is 2.33. The Hall–Kier alpha value is -3.00. The van der Waals surface area contributed by atoms with Crippen molar-refractivity contribution in [1.29, 1.82) is 0 Å². The number of amides is 1. The molecule has 3 aromatic rings. The number of furan rings is 1. The summed E-state index contributed by atoms with van der Waals surface area (Å²) in [5, 5.41) is 11.1. The number of carbonyl (C=O) groups is 1. The lowest BCUT2D eigenvalue weighted by molar-refractivity contribution is 0.100. The van der Waals surface area contributed by atoms with Gasteiger partial charge in [0.2, 0.25) is 5.82 Å². The Morgan fingerprint density at radius 2 is 2.11 bits per heavy atom. The summed E-state index contributed by atoms with van der Waals surface area (Å²) in [5.74, 6) is 1.34. The summed E-state index contributed by atoms with van der Waals surface area (Å²) in [7, 11) is 0. The van der Waals surface area contributed by atoms with E-state index in [1.54, 1.807) is 24.7 Å². The summed E-state index contributed by atoms with van der Waals surface area (Å²) < 4.78 is 20.4. The van der Waals surface area contributed by atoms with Crippen molar-refractivity contribution in [3.8, 4) is 0 Å². The predicted octanol–water partition coefficient (Wildman–Crippen LogP) is 2.57. The van der Waals surface area contributed by atoms with Crippen molar-refractivity contribution in [2.75, 3.05) is 18.4 Å². The minimum Gasteiger partial charge on any atom is -0.472 e. The van der Waals surface area contributed by atoms with E-state index >= 15 is 0 Å². The number of anilines is 1. The van der Waals surface area contributed by atoms with Crippen LogP contribution in [0.3, 0.4) is 0 Å². The number of nitrogens with zero attached hydrogens (tertiary/aromatic N) is 4. The number of rotatable bonds is 4. The molecule has 8 heteroatoms. The molecule has 1 fully saturated rings. The number of carbonyl (C=O) groups excluding carboxylic acids is 1. The van der Waals surface area contributed by atoms with Gasteiger partial charge >= 0.3 is 0 Å². The van der Waals surface area contributed by atoms with Gasteiger partial charge in [0.15, 0.2) is 0 Å². The van der Waals surface area contributed by atoms with Gasteiger partial charge in [0, 0.05) is 43.9 Å². The molecule has 2 atom stereocenters. The van der Waals surface area contributed by atoms with E-state index in [1.165, 1.54) is 17.7 Å². The van der Waals surface area contributed by atoms with Crippen LogP contribution in [0.2, 0.25) is 0 Å². The standard InChI is InChI=1S/C20H20FN5O2/c21-16-2-1-3-17(7-16)22-20(27)19-24-23-18-6-14-9-25(8-13-4-5-28-12-13)10-15(14)11-26(18)19/h1-5,7,12,14-15H,6,8-11H2,(H,22,27)/t14-,15+/m0/s1. The first-order chi connectivity index (χ1) is 13.7. The topological polar surface area (TPSA) is 76.2 Å². The zero-order valence-corrected chi connectivity index (χ0v) is 15.2. The van der Waals surface area contributed by atoms with Gasteiger partial charge in [-0.15, -0.1) is 10.2 Å². The second-order valence-electron chi connectivity index (χ2n) is 7.56. The van der Waals surface area contributed by atoms with Gasteiger partial charge in [-0.1, -0.05) is 6.07 Å². The lowest BCUT2D eigenvalue weighted by atomic mass is 9.89. The van der Waals surface area contributed by atoms with Crippen molar-refractivity contribution in [2.24, 2.45) is 11.8 Å². The lowest BCUT2D eigenvalue weighted by Crippen LogP contribution is -2.31. The van der Waals surface area contributed by atoms with Crippen molar-refractivity contribution in [2.45, 2.75) is 19.5 Å². The van der Waals surface area contributed by atoms with E-state index in [4.69, 9.17) is 4.42 Å². The maximum absolute atomic E-state index is 13.4. The lowest BCUT2D eigenvalue weighted by Gasteiger charge is -2.25. The van der Waals surface area contributed by atoms with Crippen LogP contribution in [0.4, 0.5) is 10.1 Å². The van der Waals surface area contributed by atoms with Crippen molar-refractivity contribution < 1.29 is 13.6 Å². The molecule has 2 aliphatic heterocycles. The van der Waals surface area contributed by atoms with E-state index in [1.807, 2.05) is 10.6 Å². The summed E-state index contributed by atoms with van der Waals surface area (Å²) in [4.78, 5) is 15.1. The van der Waals surface area contributed by atoms with Gasteiger partial charge in [0.05, 0.1) is 12.5 Å². The number of fused-ring (bicyclic) bond motifs is 2. The van der Waals surface area contributed by atoms with E-state index in [2.05, 4.69) is 20.4 Å². The van der Waals surface area contributed by atoms with Crippen molar-refractivity contribution in [3.63, 3.8) is 0 Å². The van der Waals surface area contributed by atoms with Gasteiger partial charge in [-0.3, -0.25) is 9.69 Å². The predicted molar refractivity (Wildman–Crippen MR) is 99.0 cm³/mol.